The fraction of sp³-hybridized carbons (Fsp3) is 0.882. The van der Waals surface area contributed by atoms with Gasteiger partial charge in [0.25, 0.3) is 0 Å². The molecule has 0 saturated heterocycles. The lowest BCUT2D eigenvalue weighted by atomic mass is 9.98. The average Bonchev–Trinajstić information content (AvgIpc) is 2.57. The van der Waals surface area contributed by atoms with Crippen LogP contribution in [0.4, 0.5) is 0 Å². The van der Waals surface area contributed by atoms with Gasteiger partial charge < -0.3 is 18.9 Å². The molecule has 0 fully saturated rings. The van der Waals surface area contributed by atoms with Crippen LogP contribution in [-0.4, -0.2) is 46.7 Å². The van der Waals surface area contributed by atoms with Gasteiger partial charge in [-0.15, -0.1) is 0 Å². The number of rotatable bonds is 4. The molecular weight excluding hydrogens is 300 g/mol. The summed E-state index contributed by atoms with van der Waals surface area (Å²) in [5.74, 6) is -0.586. The molecule has 23 heavy (non-hydrogen) atoms. The highest BCUT2D eigenvalue weighted by molar-refractivity contribution is 5.75. The van der Waals surface area contributed by atoms with Gasteiger partial charge in [0.15, 0.2) is 6.79 Å². The van der Waals surface area contributed by atoms with Crippen molar-refractivity contribution in [1.29, 1.82) is 0 Å². The van der Waals surface area contributed by atoms with Crippen LogP contribution < -0.4 is 0 Å². The van der Waals surface area contributed by atoms with Crippen molar-refractivity contribution in [2.75, 3.05) is 34.7 Å². The van der Waals surface area contributed by atoms with E-state index in [0.29, 0.717) is 0 Å². The number of hydrogen-bond acceptors (Lipinski definition) is 6. The molecule has 0 heterocycles. The van der Waals surface area contributed by atoms with E-state index in [1.54, 1.807) is 0 Å². The Labute approximate surface area is 143 Å². The Morgan fingerprint density at radius 1 is 0.783 bits per heavy atom. The number of hydrogen-bond donors (Lipinski definition) is 0. The number of ether oxygens (including phenoxy) is 4. The summed E-state index contributed by atoms with van der Waals surface area (Å²) < 4.78 is 17.9. The van der Waals surface area contributed by atoms with Crippen molar-refractivity contribution < 1.29 is 28.5 Å². The van der Waals surface area contributed by atoms with Gasteiger partial charge in [0.2, 0.25) is 0 Å². The third kappa shape index (κ3) is 38.6. The molecule has 0 bridgehead atoms. The van der Waals surface area contributed by atoms with E-state index in [2.05, 4.69) is 18.9 Å². The van der Waals surface area contributed by atoms with Crippen LogP contribution in [0.25, 0.3) is 0 Å². The Hall–Kier alpha value is -1.14. The van der Waals surface area contributed by atoms with E-state index in [4.69, 9.17) is 0 Å². The van der Waals surface area contributed by atoms with Gasteiger partial charge in [-0.3, -0.25) is 4.79 Å². The molecule has 144 valence electrons. The predicted octanol–water partition coefficient (Wildman–Crippen LogP) is 4.06. The Kier molecular flexibility index (Phi) is 42.1. The van der Waals surface area contributed by atoms with E-state index >= 15 is 0 Å². The lowest BCUT2D eigenvalue weighted by Gasteiger charge is -2.13. The zero-order valence-electron chi connectivity index (χ0n) is 17.4. The smallest absolute Gasteiger partial charge is 0.334 e. The maximum Gasteiger partial charge on any atom is 0.334 e. The van der Waals surface area contributed by atoms with Crippen molar-refractivity contribution in [2.45, 2.75) is 62.3 Å². The van der Waals surface area contributed by atoms with E-state index < -0.39 is 5.97 Å². The van der Waals surface area contributed by atoms with Crippen LogP contribution in [0.5, 0.6) is 0 Å². The molecule has 0 aromatic heterocycles. The minimum absolute atomic E-state index is 0.0117. The van der Waals surface area contributed by atoms with Gasteiger partial charge in [0.1, 0.15) is 6.61 Å². The van der Waals surface area contributed by atoms with Gasteiger partial charge >= 0.3 is 11.9 Å². The number of esters is 2. The molecule has 6 heteroatoms. The molecule has 0 saturated carbocycles. The summed E-state index contributed by atoms with van der Waals surface area (Å²) in [6.07, 6.45) is 0. The second-order valence-electron chi connectivity index (χ2n) is 4.10. The van der Waals surface area contributed by atoms with Gasteiger partial charge in [-0.05, 0) is 20.8 Å². The van der Waals surface area contributed by atoms with Crippen LogP contribution in [0.1, 0.15) is 62.3 Å². The second kappa shape index (κ2) is 28.9. The molecule has 6 nitrogen and oxygen atoms in total. The zero-order valence-corrected chi connectivity index (χ0v) is 17.4. The maximum atomic E-state index is 10.6. The zero-order chi connectivity index (χ0) is 19.9. The maximum absolute atomic E-state index is 10.6. The Bertz CT molecular complexity index is 222. The van der Waals surface area contributed by atoms with Gasteiger partial charge in [-0.1, -0.05) is 41.5 Å². The third-order valence-electron chi connectivity index (χ3n) is 1.40. The van der Waals surface area contributed by atoms with Crippen LogP contribution >= 0.6 is 0 Å². The summed E-state index contributed by atoms with van der Waals surface area (Å²) in [7, 11) is 4.27. The number of methoxy groups -OCH3 is 3. The molecule has 0 aliphatic heterocycles. The Morgan fingerprint density at radius 2 is 1.17 bits per heavy atom. The predicted molar refractivity (Wildman–Crippen MR) is 95.4 cm³/mol. The molecule has 0 radical (unpaired) electrons. The monoisotopic (exact) mass is 340 g/mol. The molecule has 0 N–H and O–H groups in total. The first-order valence-corrected chi connectivity index (χ1v) is 8.01. The van der Waals surface area contributed by atoms with E-state index in [-0.39, 0.29) is 24.8 Å². The molecule has 0 rings (SSSR count). The van der Waals surface area contributed by atoms with Crippen molar-refractivity contribution in [1.82, 2.24) is 0 Å². The average molecular weight is 341 g/mol. The van der Waals surface area contributed by atoms with Crippen molar-refractivity contribution in [3.8, 4) is 0 Å². The molecule has 0 aromatic carbocycles. The second-order valence-corrected chi connectivity index (χ2v) is 4.10. The number of carbonyl (C=O) groups is 2. The quantitative estimate of drug-likeness (QED) is 0.567. The van der Waals surface area contributed by atoms with Crippen LogP contribution in [-0.2, 0) is 28.5 Å². The number of carbonyl (C=O) groups excluding carboxylic acids is 2. The fourth-order valence-electron chi connectivity index (χ4n) is 0.590. The van der Waals surface area contributed by atoms with E-state index in [1.165, 1.54) is 21.3 Å². The summed E-state index contributed by atoms with van der Waals surface area (Å²) in [4.78, 5) is 21.0. The molecule has 0 spiro atoms. The Morgan fingerprint density at radius 3 is 1.35 bits per heavy atom. The highest BCUT2D eigenvalue weighted by Gasteiger charge is 2.21. The highest BCUT2D eigenvalue weighted by Crippen LogP contribution is 2.13. The van der Waals surface area contributed by atoms with E-state index in [0.717, 1.165) is 0 Å². The van der Waals surface area contributed by atoms with Crippen molar-refractivity contribution >= 4 is 11.9 Å². The molecule has 0 amide bonds. The van der Waals surface area contributed by atoms with Crippen molar-refractivity contribution in [2.24, 2.45) is 5.41 Å². The summed E-state index contributed by atoms with van der Waals surface area (Å²) in [6.45, 7) is 17.4. The van der Waals surface area contributed by atoms with E-state index in [1.807, 2.05) is 62.3 Å². The largest absolute Gasteiger partial charge is 0.469 e. The molecule has 0 unspecified atom stereocenters. The normalized spacial score (nSPS) is 8.17. The van der Waals surface area contributed by atoms with Gasteiger partial charge in [0, 0.05) is 14.2 Å². The van der Waals surface area contributed by atoms with Crippen LogP contribution in [0.3, 0.4) is 0 Å². The van der Waals surface area contributed by atoms with Crippen LogP contribution in [0, 0.1) is 5.41 Å². The Balaban J connectivity index is -0.0000000709. The van der Waals surface area contributed by atoms with Crippen molar-refractivity contribution in [3.05, 3.63) is 0 Å². The first-order valence-electron chi connectivity index (χ1n) is 8.01. The van der Waals surface area contributed by atoms with Gasteiger partial charge in [-0.25, -0.2) is 4.79 Å². The molecule has 0 aliphatic carbocycles. The molecular formula is C17H40O6. The highest BCUT2D eigenvalue weighted by atomic mass is 16.7. The first kappa shape index (κ1) is 33.5. The minimum atomic E-state index is -0.417. The molecule has 0 aromatic rings. The van der Waals surface area contributed by atoms with Crippen molar-refractivity contribution in [3.63, 3.8) is 0 Å². The van der Waals surface area contributed by atoms with E-state index in [9.17, 15) is 9.59 Å². The van der Waals surface area contributed by atoms with Crippen LogP contribution in [0.15, 0.2) is 0 Å². The first-order chi connectivity index (χ1) is 10.8. The molecule has 0 aliphatic rings. The SMILES string of the molecule is CC.CC.CC.COC(=O)C(C)(C)C.COCOC(=O)COC. The summed E-state index contributed by atoms with van der Waals surface area (Å²) in [6, 6.07) is 0. The standard InChI is InChI=1S/C6H12O2.C5H10O4.3C2H6/c1-6(2,3)5(7)8-4;1-7-3-5(6)9-4-8-2;3*1-2/h1-4H3;3-4H2,1-2H3;3*1-2H3. The summed E-state index contributed by atoms with van der Waals surface area (Å²) in [5.41, 5.74) is -0.352. The van der Waals surface area contributed by atoms with Gasteiger partial charge in [-0.2, -0.15) is 0 Å². The summed E-state index contributed by atoms with van der Waals surface area (Å²) in [5, 5.41) is 0. The minimum Gasteiger partial charge on any atom is -0.469 e. The van der Waals surface area contributed by atoms with Crippen LogP contribution in [0.2, 0.25) is 0 Å². The lowest BCUT2D eigenvalue weighted by molar-refractivity contribution is -0.158. The van der Waals surface area contributed by atoms with Gasteiger partial charge in [0.05, 0.1) is 12.5 Å². The molecule has 0 atom stereocenters. The lowest BCUT2D eigenvalue weighted by Crippen LogP contribution is -2.21. The summed E-state index contributed by atoms with van der Waals surface area (Å²) >= 11 is 0. The fourth-order valence-corrected chi connectivity index (χ4v) is 0.590. The topological polar surface area (TPSA) is 71.1 Å². The third-order valence-corrected chi connectivity index (χ3v) is 1.40.